The van der Waals surface area contributed by atoms with Gasteiger partial charge in [0.1, 0.15) is 5.82 Å². The van der Waals surface area contributed by atoms with E-state index >= 15 is 0 Å². The maximum atomic E-state index is 5.83. The Morgan fingerprint density at radius 2 is 2.06 bits per heavy atom. The van der Waals surface area contributed by atoms with E-state index in [4.69, 9.17) is 5.73 Å². The Morgan fingerprint density at radius 3 is 2.83 bits per heavy atom. The highest BCUT2D eigenvalue weighted by molar-refractivity contribution is 9.10. The third-order valence-electron chi connectivity index (χ3n) is 2.87. The van der Waals surface area contributed by atoms with Crippen LogP contribution in [0.5, 0.6) is 0 Å². The van der Waals surface area contributed by atoms with Crippen molar-refractivity contribution in [2.45, 2.75) is 6.54 Å². The molecule has 4 nitrogen and oxygen atoms in total. The first-order valence-electron chi connectivity index (χ1n) is 5.55. The van der Waals surface area contributed by atoms with E-state index in [1.165, 1.54) is 0 Å². The maximum absolute atomic E-state index is 5.83. The van der Waals surface area contributed by atoms with Crippen LogP contribution < -0.4 is 5.73 Å². The Hall–Kier alpha value is -1.88. The topological polar surface area (TPSA) is 56.7 Å². The molecule has 0 radical (unpaired) electrons. The average Bonchev–Trinajstić information content (AvgIpc) is 2.79. The third-order valence-corrected chi connectivity index (χ3v) is 3.56. The molecule has 3 aromatic rings. The summed E-state index contributed by atoms with van der Waals surface area (Å²) in [7, 11) is 0. The molecule has 1 aromatic carbocycles. The Labute approximate surface area is 113 Å². The standard InChI is InChI=1S/C13H11BrN4/c14-11-4-3-9(8-18-12(15)5-7-17-18)13-10(11)2-1-6-16-13/h1-7H,8,15H2. The number of anilines is 1. The summed E-state index contributed by atoms with van der Waals surface area (Å²) >= 11 is 3.54. The van der Waals surface area contributed by atoms with Crippen LogP contribution in [0.25, 0.3) is 10.9 Å². The van der Waals surface area contributed by atoms with Crippen LogP contribution in [-0.2, 0) is 6.54 Å². The summed E-state index contributed by atoms with van der Waals surface area (Å²) in [6.45, 7) is 0.625. The molecule has 3 rings (SSSR count). The lowest BCUT2D eigenvalue weighted by Crippen LogP contribution is -2.06. The maximum Gasteiger partial charge on any atom is 0.122 e. The van der Waals surface area contributed by atoms with E-state index in [1.807, 2.05) is 24.3 Å². The third kappa shape index (κ3) is 1.86. The summed E-state index contributed by atoms with van der Waals surface area (Å²) < 4.78 is 2.81. The zero-order valence-corrected chi connectivity index (χ0v) is 11.1. The first kappa shape index (κ1) is 11.2. The van der Waals surface area contributed by atoms with Crippen molar-refractivity contribution in [2.24, 2.45) is 0 Å². The zero-order chi connectivity index (χ0) is 12.5. The molecule has 0 unspecified atom stereocenters. The SMILES string of the molecule is Nc1ccnn1Cc1ccc(Br)c2cccnc12. The molecule has 0 aliphatic heterocycles. The normalized spacial score (nSPS) is 10.9. The lowest BCUT2D eigenvalue weighted by atomic mass is 10.1. The summed E-state index contributed by atoms with van der Waals surface area (Å²) in [6, 6.07) is 9.83. The van der Waals surface area contributed by atoms with Crippen LogP contribution >= 0.6 is 15.9 Å². The second kappa shape index (κ2) is 4.42. The molecular weight excluding hydrogens is 292 g/mol. The van der Waals surface area contributed by atoms with Crippen molar-refractivity contribution in [1.29, 1.82) is 0 Å². The fraction of sp³-hybridized carbons (Fsp3) is 0.0769. The number of pyridine rings is 1. The lowest BCUT2D eigenvalue weighted by Gasteiger charge is -2.08. The van der Waals surface area contributed by atoms with Crippen LogP contribution in [0.2, 0.25) is 0 Å². The minimum absolute atomic E-state index is 0.625. The van der Waals surface area contributed by atoms with Crippen molar-refractivity contribution in [3.8, 4) is 0 Å². The van der Waals surface area contributed by atoms with Gasteiger partial charge >= 0.3 is 0 Å². The molecule has 0 aliphatic rings. The van der Waals surface area contributed by atoms with Gasteiger partial charge in [0, 0.05) is 16.1 Å². The van der Waals surface area contributed by atoms with Crippen LogP contribution in [0.15, 0.2) is 47.2 Å². The second-order valence-electron chi connectivity index (χ2n) is 4.02. The van der Waals surface area contributed by atoms with Crippen molar-refractivity contribution >= 4 is 32.7 Å². The summed E-state index contributed by atoms with van der Waals surface area (Å²) in [6.07, 6.45) is 3.49. The molecule has 0 bridgehead atoms. The molecule has 2 N–H and O–H groups in total. The smallest absolute Gasteiger partial charge is 0.122 e. The van der Waals surface area contributed by atoms with E-state index in [9.17, 15) is 0 Å². The van der Waals surface area contributed by atoms with Gasteiger partial charge in [0.15, 0.2) is 0 Å². The number of nitrogen functional groups attached to an aromatic ring is 1. The number of rotatable bonds is 2. The van der Waals surface area contributed by atoms with Gasteiger partial charge in [-0.1, -0.05) is 28.1 Å². The number of halogens is 1. The van der Waals surface area contributed by atoms with Gasteiger partial charge in [-0.05, 0) is 23.8 Å². The van der Waals surface area contributed by atoms with Gasteiger partial charge in [0.2, 0.25) is 0 Å². The Morgan fingerprint density at radius 1 is 1.17 bits per heavy atom. The largest absolute Gasteiger partial charge is 0.384 e. The molecule has 0 aliphatic carbocycles. The van der Waals surface area contributed by atoms with E-state index in [-0.39, 0.29) is 0 Å². The highest BCUT2D eigenvalue weighted by Crippen LogP contribution is 2.25. The van der Waals surface area contributed by atoms with Crippen LogP contribution in [0.3, 0.4) is 0 Å². The summed E-state index contributed by atoms with van der Waals surface area (Å²) in [5.74, 6) is 0.655. The summed E-state index contributed by atoms with van der Waals surface area (Å²) in [5, 5.41) is 5.29. The highest BCUT2D eigenvalue weighted by atomic mass is 79.9. The molecule has 5 heteroatoms. The molecule has 18 heavy (non-hydrogen) atoms. The van der Waals surface area contributed by atoms with Gasteiger partial charge in [0.05, 0.1) is 18.3 Å². The zero-order valence-electron chi connectivity index (χ0n) is 9.55. The lowest BCUT2D eigenvalue weighted by molar-refractivity contribution is 0.699. The van der Waals surface area contributed by atoms with Crippen molar-refractivity contribution < 1.29 is 0 Å². The molecule has 0 amide bonds. The number of aromatic nitrogens is 3. The molecular formula is C13H11BrN4. The van der Waals surface area contributed by atoms with Gasteiger partial charge in [-0.3, -0.25) is 4.98 Å². The molecule has 0 saturated heterocycles. The second-order valence-corrected chi connectivity index (χ2v) is 4.87. The van der Waals surface area contributed by atoms with Crippen LogP contribution in [0, 0.1) is 0 Å². The molecule has 0 atom stereocenters. The van der Waals surface area contributed by atoms with Gasteiger partial charge in [-0.25, -0.2) is 4.68 Å². The van der Waals surface area contributed by atoms with Gasteiger partial charge in [-0.15, -0.1) is 0 Å². The van der Waals surface area contributed by atoms with Crippen molar-refractivity contribution in [3.05, 3.63) is 52.8 Å². The number of benzene rings is 1. The Bertz CT molecular complexity index is 705. The molecule has 90 valence electrons. The fourth-order valence-corrected chi connectivity index (χ4v) is 2.41. The summed E-state index contributed by atoms with van der Waals surface area (Å²) in [5.41, 5.74) is 7.91. The molecule has 2 heterocycles. The number of hydrogen-bond acceptors (Lipinski definition) is 3. The predicted octanol–water partition coefficient (Wildman–Crippen LogP) is 2.82. The number of nitrogens with zero attached hydrogens (tertiary/aromatic N) is 3. The van der Waals surface area contributed by atoms with Crippen LogP contribution in [-0.4, -0.2) is 14.8 Å². The van der Waals surface area contributed by atoms with Gasteiger partial charge in [0.25, 0.3) is 0 Å². The minimum atomic E-state index is 0.625. The van der Waals surface area contributed by atoms with E-state index in [2.05, 4.69) is 26.0 Å². The van der Waals surface area contributed by atoms with E-state index < -0.39 is 0 Å². The van der Waals surface area contributed by atoms with Gasteiger partial charge < -0.3 is 5.73 Å². The first-order valence-corrected chi connectivity index (χ1v) is 6.34. The van der Waals surface area contributed by atoms with Crippen LogP contribution in [0.4, 0.5) is 5.82 Å². The number of hydrogen-bond donors (Lipinski definition) is 1. The highest BCUT2D eigenvalue weighted by Gasteiger charge is 2.07. The molecule has 0 saturated carbocycles. The summed E-state index contributed by atoms with van der Waals surface area (Å²) in [4.78, 5) is 4.44. The first-order chi connectivity index (χ1) is 8.75. The van der Waals surface area contributed by atoms with E-state index in [1.54, 1.807) is 23.1 Å². The number of nitrogens with two attached hydrogens (primary N) is 1. The fourth-order valence-electron chi connectivity index (χ4n) is 1.96. The van der Waals surface area contributed by atoms with Crippen molar-refractivity contribution in [2.75, 3.05) is 5.73 Å². The minimum Gasteiger partial charge on any atom is -0.384 e. The number of fused-ring (bicyclic) bond motifs is 1. The van der Waals surface area contributed by atoms with E-state index in [0.29, 0.717) is 12.4 Å². The van der Waals surface area contributed by atoms with Gasteiger partial charge in [-0.2, -0.15) is 5.10 Å². The Balaban J connectivity index is 2.13. The monoisotopic (exact) mass is 302 g/mol. The molecule has 2 aromatic heterocycles. The van der Waals surface area contributed by atoms with Crippen LogP contribution in [0.1, 0.15) is 5.56 Å². The van der Waals surface area contributed by atoms with Crippen molar-refractivity contribution in [1.82, 2.24) is 14.8 Å². The predicted molar refractivity (Wildman–Crippen MR) is 75.2 cm³/mol. The Kier molecular flexibility index (Phi) is 2.76. The van der Waals surface area contributed by atoms with Crippen molar-refractivity contribution in [3.63, 3.8) is 0 Å². The average molecular weight is 303 g/mol. The van der Waals surface area contributed by atoms with E-state index in [0.717, 1.165) is 20.9 Å². The molecule has 0 spiro atoms. The molecule has 0 fully saturated rings. The quantitative estimate of drug-likeness (QED) is 0.792.